The molecule has 0 unspecified atom stereocenters. The van der Waals surface area contributed by atoms with Crippen LogP contribution in [-0.2, 0) is 13.1 Å². The number of hydrogen-bond donors (Lipinski definition) is 0. The van der Waals surface area contributed by atoms with Crippen molar-refractivity contribution >= 4 is 158 Å². The SMILES string of the molecule is C=Cc1ccc(N(c2ccc(C)cc2)c2ccc3c(c2)c2cc(N(c4ccc(C=C)cc4)c4ccc(OC)cc4)ccc2n3Cc2c3ccccc3c(Cn3c4ccc(N(c5ccc(C=C)cc5)c5ccc(OC)cc5)cc4c4cc(N(c5ccc(C=C)cc5)c5ccc(OC)cc5)ccc43)c3ccccc23)cc1. The summed E-state index contributed by atoms with van der Waals surface area (Å²) >= 11 is 0. The first-order chi connectivity index (χ1) is 53.6. The van der Waals surface area contributed by atoms with E-state index in [1.807, 2.05) is 60.7 Å². The minimum atomic E-state index is 0.576. The quantitative estimate of drug-likeness (QED) is 0.0592. The van der Waals surface area contributed by atoms with Crippen molar-refractivity contribution in [3.63, 3.8) is 0 Å². The zero-order chi connectivity index (χ0) is 74.2. The fourth-order valence-corrected chi connectivity index (χ4v) is 15.7. The molecule has 0 aliphatic rings. The number of aromatic nitrogens is 2. The van der Waals surface area contributed by atoms with Gasteiger partial charge >= 0.3 is 0 Å². The maximum absolute atomic E-state index is 5.71. The van der Waals surface area contributed by atoms with E-state index in [1.165, 1.54) is 38.2 Å². The molecule has 0 saturated heterocycles. The molecule has 0 saturated carbocycles. The predicted octanol–water partition coefficient (Wildman–Crippen LogP) is 27.1. The Hall–Kier alpha value is -14.0. The van der Waals surface area contributed by atoms with E-state index >= 15 is 0 Å². The van der Waals surface area contributed by atoms with Gasteiger partial charge in [-0.1, -0.05) is 165 Å². The smallest absolute Gasteiger partial charge is 0.119 e. The van der Waals surface area contributed by atoms with E-state index in [9.17, 15) is 0 Å². The molecule has 2 aromatic heterocycles. The summed E-state index contributed by atoms with van der Waals surface area (Å²) < 4.78 is 22.2. The van der Waals surface area contributed by atoms with Crippen molar-refractivity contribution in [2.75, 3.05) is 40.9 Å². The molecule has 0 bridgehead atoms. The molecule has 0 N–H and O–H groups in total. The first kappa shape index (κ1) is 68.1. The Kier molecular flexibility index (Phi) is 18.2. The summed E-state index contributed by atoms with van der Waals surface area (Å²) in [7, 11) is 5.12. The lowest BCUT2D eigenvalue weighted by Crippen LogP contribution is -2.10. The van der Waals surface area contributed by atoms with Gasteiger partial charge in [0.25, 0.3) is 0 Å². The van der Waals surface area contributed by atoms with Crippen LogP contribution in [0.5, 0.6) is 17.2 Å². The van der Waals surface area contributed by atoms with Crippen LogP contribution in [0, 0.1) is 6.92 Å². The predicted molar refractivity (Wildman–Crippen MR) is 462 cm³/mol. The van der Waals surface area contributed by atoms with E-state index in [1.54, 1.807) is 21.3 Å². The molecule has 0 amide bonds. The van der Waals surface area contributed by atoms with Crippen LogP contribution in [0.1, 0.15) is 38.9 Å². The lowest BCUT2D eigenvalue weighted by molar-refractivity contribution is 0.414. The first-order valence-electron chi connectivity index (χ1n) is 36.7. The van der Waals surface area contributed by atoms with Gasteiger partial charge in [0.15, 0.2) is 0 Å². The molecule has 0 aliphatic heterocycles. The fourth-order valence-electron chi connectivity index (χ4n) is 15.7. The van der Waals surface area contributed by atoms with Crippen molar-refractivity contribution in [1.29, 1.82) is 0 Å². The number of benzene rings is 15. The van der Waals surface area contributed by atoms with E-state index in [0.29, 0.717) is 13.1 Å². The van der Waals surface area contributed by atoms with Gasteiger partial charge in [0.2, 0.25) is 0 Å². The van der Waals surface area contributed by atoms with Crippen molar-refractivity contribution in [3.8, 4) is 17.2 Å². The van der Waals surface area contributed by atoms with Gasteiger partial charge in [-0.05, 0) is 268 Å². The normalized spacial score (nSPS) is 11.3. The van der Waals surface area contributed by atoms with Crippen LogP contribution in [0.3, 0.4) is 0 Å². The number of hydrogen-bond acceptors (Lipinski definition) is 7. The molecule has 9 heteroatoms. The van der Waals surface area contributed by atoms with Gasteiger partial charge in [0, 0.05) is 125 Å². The second-order valence-electron chi connectivity index (χ2n) is 27.5. The molecule has 15 aromatic carbocycles. The Morgan fingerprint density at radius 2 is 0.450 bits per heavy atom. The molecule has 0 atom stereocenters. The van der Waals surface area contributed by atoms with Gasteiger partial charge in [-0.2, -0.15) is 0 Å². The molecular weight excluding hydrogens is 1330 g/mol. The van der Waals surface area contributed by atoms with Gasteiger partial charge in [-0.25, -0.2) is 0 Å². The van der Waals surface area contributed by atoms with E-state index in [2.05, 4.69) is 341 Å². The van der Waals surface area contributed by atoms with Crippen LogP contribution in [0.25, 0.3) is 89.5 Å². The third-order valence-electron chi connectivity index (χ3n) is 21.3. The summed E-state index contributed by atoms with van der Waals surface area (Å²) in [6.07, 6.45) is 7.55. The highest BCUT2D eigenvalue weighted by molar-refractivity contribution is 6.14. The number of anilines is 12. The molecule has 528 valence electrons. The fraction of sp³-hybridized carbons (Fsp3) is 0.0600. The minimum Gasteiger partial charge on any atom is -0.497 e. The van der Waals surface area contributed by atoms with Crippen LogP contribution in [0.15, 0.2) is 342 Å². The van der Waals surface area contributed by atoms with Gasteiger partial charge in [-0.3, -0.25) is 0 Å². The molecule has 0 aliphatic carbocycles. The summed E-state index contributed by atoms with van der Waals surface area (Å²) in [4.78, 5) is 9.33. The molecule has 0 fully saturated rings. The van der Waals surface area contributed by atoms with Crippen LogP contribution in [-0.4, -0.2) is 30.5 Å². The van der Waals surface area contributed by atoms with Gasteiger partial charge in [0.05, 0.1) is 21.3 Å². The summed E-state index contributed by atoms with van der Waals surface area (Å²) in [5, 5.41) is 9.26. The molecule has 109 heavy (non-hydrogen) atoms. The van der Waals surface area contributed by atoms with E-state index < -0.39 is 0 Å². The number of methoxy groups -OCH3 is 3. The third kappa shape index (κ3) is 12.7. The summed E-state index contributed by atoms with van der Waals surface area (Å²) in [6.45, 7) is 19.6. The lowest BCUT2D eigenvalue weighted by atomic mass is 9.91. The zero-order valence-corrected chi connectivity index (χ0v) is 61.5. The van der Waals surface area contributed by atoms with Gasteiger partial charge < -0.3 is 42.9 Å². The largest absolute Gasteiger partial charge is 0.497 e. The summed E-state index contributed by atoms with van der Waals surface area (Å²) in [5.74, 6) is 2.36. The Labute approximate surface area is 636 Å². The number of fused-ring (bicyclic) bond motifs is 8. The maximum atomic E-state index is 5.71. The van der Waals surface area contributed by atoms with Gasteiger partial charge in [-0.15, -0.1) is 0 Å². The van der Waals surface area contributed by atoms with Crippen LogP contribution in [0.4, 0.5) is 68.2 Å². The zero-order valence-electron chi connectivity index (χ0n) is 61.5. The second-order valence-corrected chi connectivity index (χ2v) is 27.5. The topological polar surface area (TPSA) is 50.5 Å². The Bertz CT molecular complexity index is 6030. The van der Waals surface area contributed by atoms with Crippen molar-refractivity contribution in [3.05, 3.63) is 381 Å². The van der Waals surface area contributed by atoms with Crippen molar-refractivity contribution in [2.45, 2.75) is 20.0 Å². The highest BCUT2D eigenvalue weighted by atomic mass is 16.5. The van der Waals surface area contributed by atoms with E-state index in [-0.39, 0.29) is 0 Å². The highest BCUT2D eigenvalue weighted by Gasteiger charge is 2.26. The number of ether oxygens (including phenoxy) is 3. The van der Waals surface area contributed by atoms with Crippen LogP contribution < -0.4 is 33.8 Å². The number of rotatable bonds is 23. The highest BCUT2D eigenvalue weighted by Crippen LogP contribution is 2.48. The van der Waals surface area contributed by atoms with Crippen molar-refractivity contribution in [2.24, 2.45) is 0 Å². The first-order valence-corrected chi connectivity index (χ1v) is 36.7. The molecule has 2 heterocycles. The third-order valence-corrected chi connectivity index (χ3v) is 21.3. The lowest BCUT2D eigenvalue weighted by Gasteiger charge is -2.26. The standard InChI is InChI=1S/C100H80N6O3/c1-9-68-23-33-73(34-24-68)103(72-31-21-67(5)22-32-72)80-47-57-97-91(61-80)92-62-81(104(74-35-25-69(10-2)26-36-74)77-41-51-84(107-6)52-42-77)48-58-98(92)101(97)65-95-87-17-13-15-19-89(87)96(90-20-16-14-18-88(90)95)66-102-99-59-49-82(105(75-37-27-70(11-3)28-38-75)78-43-53-85(108-7)54-44-78)63-93(99)94-64-83(50-60-100(94)102)106(76-39-29-71(12-4)30-40-76)79-45-55-86(109-8)56-46-79/h9-64H,1-4,65-66H2,5-8H3. The van der Waals surface area contributed by atoms with E-state index in [4.69, 9.17) is 14.2 Å². The van der Waals surface area contributed by atoms with E-state index in [0.717, 1.165) is 151 Å². The number of nitrogens with zero attached hydrogens (tertiary/aromatic N) is 6. The molecule has 17 aromatic rings. The summed E-state index contributed by atoms with van der Waals surface area (Å²) in [6, 6.07) is 114. The Morgan fingerprint density at radius 3 is 0.661 bits per heavy atom. The average Bonchev–Trinajstić information content (AvgIpc) is 1.63. The molecule has 0 radical (unpaired) electrons. The Morgan fingerprint density at radius 1 is 0.248 bits per heavy atom. The molecular formula is C100H80N6O3. The Balaban J connectivity index is 0.858. The number of aryl methyl sites for hydroxylation is 1. The molecule has 9 nitrogen and oxygen atoms in total. The van der Waals surface area contributed by atoms with Crippen LogP contribution >= 0.6 is 0 Å². The van der Waals surface area contributed by atoms with Crippen molar-refractivity contribution in [1.82, 2.24) is 9.13 Å². The summed E-state index contributed by atoms with van der Waals surface area (Å²) in [5.41, 5.74) is 24.5. The maximum Gasteiger partial charge on any atom is 0.119 e. The van der Waals surface area contributed by atoms with Gasteiger partial charge in [0.1, 0.15) is 17.2 Å². The second kappa shape index (κ2) is 29.1. The monoisotopic (exact) mass is 1410 g/mol. The molecule has 0 spiro atoms. The average molecular weight is 1410 g/mol. The molecule has 17 rings (SSSR count). The van der Waals surface area contributed by atoms with Crippen LogP contribution in [0.2, 0.25) is 0 Å². The van der Waals surface area contributed by atoms with Crippen molar-refractivity contribution < 1.29 is 14.2 Å². The minimum absolute atomic E-state index is 0.576.